The number of aromatic nitrogens is 1. The van der Waals surface area contributed by atoms with Crippen molar-refractivity contribution in [3.8, 4) is 0 Å². The summed E-state index contributed by atoms with van der Waals surface area (Å²) in [6.07, 6.45) is 1.58. The first-order valence-corrected chi connectivity index (χ1v) is 7.11. The SMILES string of the molecule is NCc1cc(C(=O)Nc2c(Br)cccc2Br)ccn1. The van der Waals surface area contributed by atoms with Gasteiger partial charge in [-0.05, 0) is 56.1 Å². The highest BCUT2D eigenvalue weighted by atomic mass is 79.9. The van der Waals surface area contributed by atoms with Gasteiger partial charge in [0.25, 0.3) is 5.91 Å². The van der Waals surface area contributed by atoms with E-state index in [-0.39, 0.29) is 5.91 Å². The fourth-order valence-corrected chi connectivity index (χ4v) is 2.73. The molecule has 0 atom stereocenters. The predicted molar refractivity (Wildman–Crippen MR) is 81.9 cm³/mol. The third kappa shape index (κ3) is 3.40. The fraction of sp³-hybridized carbons (Fsp3) is 0.0769. The van der Waals surface area contributed by atoms with Crippen LogP contribution in [0.5, 0.6) is 0 Å². The Morgan fingerprint density at radius 1 is 1.26 bits per heavy atom. The summed E-state index contributed by atoms with van der Waals surface area (Å²) in [7, 11) is 0. The first-order chi connectivity index (χ1) is 9.11. The number of rotatable bonds is 3. The van der Waals surface area contributed by atoms with Gasteiger partial charge in [0, 0.05) is 27.3 Å². The summed E-state index contributed by atoms with van der Waals surface area (Å²) in [6.45, 7) is 0.305. The van der Waals surface area contributed by atoms with E-state index in [9.17, 15) is 4.79 Å². The average Bonchev–Trinajstić information content (AvgIpc) is 2.43. The number of hydrogen-bond acceptors (Lipinski definition) is 3. The number of halogens is 2. The largest absolute Gasteiger partial charge is 0.325 e. The summed E-state index contributed by atoms with van der Waals surface area (Å²) < 4.78 is 1.62. The smallest absolute Gasteiger partial charge is 0.255 e. The third-order valence-electron chi connectivity index (χ3n) is 2.49. The molecule has 98 valence electrons. The van der Waals surface area contributed by atoms with Gasteiger partial charge in [-0.1, -0.05) is 6.07 Å². The zero-order chi connectivity index (χ0) is 13.8. The number of benzene rings is 1. The Hall–Kier alpha value is -1.24. The first-order valence-electron chi connectivity index (χ1n) is 5.52. The number of amides is 1. The van der Waals surface area contributed by atoms with E-state index in [1.807, 2.05) is 18.2 Å². The molecule has 0 radical (unpaired) electrons. The van der Waals surface area contributed by atoms with E-state index < -0.39 is 0 Å². The number of carbonyl (C=O) groups excluding carboxylic acids is 1. The van der Waals surface area contributed by atoms with Gasteiger partial charge in [-0.2, -0.15) is 0 Å². The van der Waals surface area contributed by atoms with Gasteiger partial charge in [0.2, 0.25) is 0 Å². The molecule has 0 fully saturated rings. The highest BCUT2D eigenvalue weighted by molar-refractivity contribution is 9.11. The van der Waals surface area contributed by atoms with Crippen LogP contribution in [0.25, 0.3) is 0 Å². The molecule has 0 bridgehead atoms. The van der Waals surface area contributed by atoms with Crippen molar-refractivity contribution in [2.75, 3.05) is 5.32 Å². The number of para-hydroxylation sites is 1. The molecule has 0 saturated carbocycles. The third-order valence-corrected chi connectivity index (χ3v) is 3.81. The van der Waals surface area contributed by atoms with Crippen molar-refractivity contribution >= 4 is 43.5 Å². The lowest BCUT2D eigenvalue weighted by atomic mass is 10.2. The van der Waals surface area contributed by atoms with Crippen LogP contribution >= 0.6 is 31.9 Å². The number of nitrogens with zero attached hydrogens (tertiary/aromatic N) is 1. The molecule has 0 aliphatic carbocycles. The molecule has 0 spiro atoms. The molecule has 1 amide bonds. The number of pyridine rings is 1. The average molecular weight is 385 g/mol. The van der Waals surface area contributed by atoms with Crippen LogP contribution in [0, 0.1) is 0 Å². The Kier molecular flexibility index (Phi) is 4.68. The highest BCUT2D eigenvalue weighted by Gasteiger charge is 2.11. The standard InChI is InChI=1S/C13H11Br2N3O/c14-10-2-1-3-11(15)12(10)18-13(19)8-4-5-17-9(6-8)7-16/h1-6H,7,16H2,(H,18,19). The molecule has 4 nitrogen and oxygen atoms in total. The van der Waals surface area contributed by atoms with Crippen LogP contribution in [0.1, 0.15) is 16.1 Å². The molecule has 3 N–H and O–H groups in total. The van der Waals surface area contributed by atoms with Gasteiger partial charge < -0.3 is 11.1 Å². The molecule has 0 unspecified atom stereocenters. The second-order valence-corrected chi connectivity index (χ2v) is 5.50. The van der Waals surface area contributed by atoms with Crippen molar-refractivity contribution in [1.29, 1.82) is 0 Å². The number of anilines is 1. The van der Waals surface area contributed by atoms with Gasteiger partial charge >= 0.3 is 0 Å². The Morgan fingerprint density at radius 3 is 2.58 bits per heavy atom. The predicted octanol–water partition coefficient (Wildman–Crippen LogP) is 3.32. The summed E-state index contributed by atoms with van der Waals surface area (Å²) in [6, 6.07) is 8.93. The van der Waals surface area contributed by atoms with Crippen molar-refractivity contribution in [3.05, 3.63) is 56.7 Å². The number of carbonyl (C=O) groups is 1. The van der Waals surface area contributed by atoms with Crippen LogP contribution in [-0.4, -0.2) is 10.9 Å². The second-order valence-electron chi connectivity index (χ2n) is 3.79. The molecule has 0 aliphatic heterocycles. The maximum absolute atomic E-state index is 12.2. The van der Waals surface area contributed by atoms with Gasteiger partial charge in [-0.15, -0.1) is 0 Å². The van der Waals surface area contributed by atoms with E-state index in [0.717, 1.165) is 8.95 Å². The summed E-state index contributed by atoms with van der Waals surface area (Å²) in [5, 5.41) is 2.84. The quantitative estimate of drug-likeness (QED) is 0.852. The number of nitrogens with two attached hydrogens (primary N) is 1. The molecule has 1 aromatic carbocycles. The monoisotopic (exact) mass is 383 g/mol. The van der Waals surface area contributed by atoms with Crippen molar-refractivity contribution in [1.82, 2.24) is 4.98 Å². The lowest BCUT2D eigenvalue weighted by Crippen LogP contribution is -2.14. The minimum Gasteiger partial charge on any atom is -0.325 e. The van der Waals surface area contributed by atoms with E-state index in [0.29, 0.717) is 23.5 Å². The topological polar surface area (TPSA) is 68.0 Å². The molecule has 6 heteroatoms. The van der Waals surface area contributed by atoms with Crippen LogP contribution in [0.2, 0.25) is 0 Å². The maximum Gasteiger partial charge on any atom is 0.255 e. The van der Waals surface area contributed by atoms with Crippen LogP contribution < -0.4 is 11.1 Å². The molecule has 19 heavy (non-hydrogen) atoms. The van der Waals surface area contributed by atoms with Gasteiger partial charge in [-0.25, -0.2) is 0 Å². The first kappa shape index (κ1) is 14.2. The minimum atomic E-state index is -0.204. The van der Waals surface area contributed by atoms with E-state index in [1.54, 1.807) is 18.3 Å². The van der Waals surface area contributed by atoms with Crippen molar-refractivity contribution in [3.63, 3.8) is 0 Å². The molecule has 0 saturated heterocycles. The maximum atomic E-state index is 12.2. The van der Waals surface area contributed by atoms with Crippen molar-refractivity contribution in [2.45, 2.75) is 6.54 Å². The Balaban J connectivity index is 2.25. The summed E-state index contributed by atoms with van der Waals surface area (Å²) in [5.41, 5.74) is 7.41. The molecular weight excluding hydrogens is 374 g/mol. The second kappa shape index (κ2) is 6.27. The molecule has 2 rings (SSSR count). The molecule has 2 aromatic rings. The Bertz CT molecular complexity index is 596. The van der Waals surface area contributed by atoms with Crippen LogP contribution in [0.4, 0.5) is 5.69 Å². The Labute approximate surface area is 127 Å². The summed E-state index contributed by atoms with van der Waals surface area (Å²) in [4.78, 5) is 16.2. The van der Waals surface area contributed by atoms with Gasteiger partial charge in [0.05, 0.1) is 11.4 Å². The number of hydrogen-bond donors (Lipinski definition) is 2. The van der Waals surface area contributed by atoms with E-state index >= 15 is 0 Å². The normalized spacial score (nSPS) is 10.3. The zero-order valence-corrected chi connectivity index (χ0v) is 13.0. The molecular formula is C13H11Br2N3O. The Morgan fingerprint density at radius 2 is 1.95 bits per heavy atom. The van der Waals surface area contributed by atoms with Gasteiger partial charge in [-0.3, -0.25) is 9.78 Å². The summed E-state index contributed by atoms with van der Waals surface area (Å²) >= 11 is 6.80. The highest BCUT2D eigenvalue weighted by Crippen LogP contribution is 2.30. The van der Waals surface area contributed by atoms with Crippen molar-refractivity contribution < 1.29 is 4.79 Å². The fourth-order valence-electron chi connectivity index (χ4n) is 1.53. The van der Waals surface area contributed by atoms with E-state index in [4.69, 9.17) is 5.73 Å². The number of nitrogens with one attached hydrogen (secondary N) is 1. The summed E-state index contributed by atoms with van der Waals surface area (Å²) in [5.74, 6) is -0.204. The van der Waals surface area contributed by atoms with Crippen LogP contribution in [-0.2, 0) is 6.54 Å². The molecule has 1 heterocycles. The van der Waals surface area contributed by atoms with Crippen molar-refractivity contribution in [2.24, 2.45) is 5.73 Å². The minimum absolute atomic E-state index is 0.204. The van der Waals surface area contributed by atoms with Gasteiger partial charge in [0.15, 0.2) is 0 Å². The lowest BCUT2D eigenvalue weighted by molar-refractivity contribution is 0.102. The van der Waals surface area contributed by atoms with E-state index in [1.165, 1.54) is 0 Å². The van der Waals surface area contributed by atoms with Crippen LogP contribution in [0.15, 0.2) is 45.5 Å². The molecule has 0 aliphatic rings. The zero-order valence-electron chi connectivity index (χ0n) is 9.86. The van der Waals surface area contributed by atoms with Gasteiger partial charge in [0.1, 0.15) is 0 Å². The van der Waals surface area contributed by atoms with Crippen LogP contribution in [0.3, 0.4) is 0 Å². The molecule has 1 aromatic heterocycles. The lowest BCUT2D eigenvalue weighted by Gasteiger charge is -2.09. The van der Waals surface area contributed by atoms with E-state index in [2.05, 4.69) is 42.2 Å².